The van der Waals surface area contributed by atoms with Crippen molar-refractivity contribution in [1.29, 1.82) is 0 Å². The van der Waals surface area contributed by atoms with E-state index in [-0.39, 0.29) is 5.56 Å². The smallest absolute Gasteiger partial charge is 0.339 e. The van der Waals surface area contributed by atoms with Crippen LogP contribution in [0.1, 0.15) is 17.3 Å². The van der Waals surface area contributed by atoms with Crippen molar-refractivity contribution in [2.75, 3.05) is 6.61 Å². The Bertz CT molecular complexity index is 524. The maximum Gasteiger partial charge on any atom is 0.339 e. The minimum Gasteiger partial charge on any atom is -0.493 e. The number of carbonyl (C=O) groups is 1. The lowest BCUT2D eigenvalue weighted by Crippen LogP contribution is -2.03. The number of H-pyrrole nitrogens is 1. The van der Waals surface area contributed by atoms with Gasteiger partial charge >= 0.3 is 5.97 Å². The molecule has 0 radical (unpaired) electrons. The van der Waals surface area contributed by atoms with E-state index in [9.17, 15) is 4.79 Å². The Hall–Kier alpha value is -2.44. The molecule has 0 unspecified atom stereocenters. The van der Waals surface area contributed by atoms with Gasteiger partial charge in [0.15, 0.2) is 0 Å². The number of hydrogen-bond acceptors (Lipinski definition) is 5. The second kappa shape index (κ2) is 4.60. The first-order chi connectivity index (χ1) is 8.22. The van der Waals surface area contributed by atoms with Gasteiger partial charge in [0.2, 0.25) is 5.82 Å². The number of benzene rings is 1. The van der Waals surface area contributed by atoms with Crippen molar-refractivity contribution in [2.24, 2.45) is 0 Å². The summed E-state index contributed by atoms with van der Waals surface area (Å²) in [6, 6.07) is 4.72. The van der Waals surface area contributed by atoms with Crippen molar-refractivity contribution in [3.8, 4) is 17.1 Å². The first-order valence-electron chi connectivity index (χ1n) is 4.96. The molecule has 1 heterocycles. The summed E-state index contributed by atoms with van der Waals surface area (Å²) in [5, 5.41) is 22.4. The van der Waals surface area contributed by atoms with Crippen LogP contribution in [-0.4, -0.2) is 38.3 Å². The fourth-order valence-corrected chi connectivity index (χ4v) is 1.40. The molecule has 0 amide bonds. The van der Waals surface area contributed by atoms with E-state index in [1.54, 1.807) is 19.1 Å². The summed E-state index contributed by atoms with van der Waals surface area (Å²) in [7, 11) is 0. The van der Waals surface area contributed by atoms with Gasteiger partial charge in [0.25, 0.3) is 0 Å². The van der Waals surface area contributed by atoms with Crippen molar-refractivity contribution in [1.82, 2.24) is 20.6 Å². The van der Waals surface area contributed by atoms with Gasteiger partial charge in [-0.3, -0.25) is 0 Å². The number of carboxylic acid groups (broad SMARTS) is 1. The predicted molar refractivity (Wildman–Crippen MR) is 57.7 cm³/mol. The van der Waals surface area contributed by atoms with Crippen LogP contribution in [0.25, 0.3) is 11.4 Å². The highest BCUT2D eigenvalue weighted by Crippen LogP contribution is 2.24. The summed E-state index contributed by atoms with van der Waals surface area (Å²) in [6.45, 7) is 2.20. The van der Waals surface area contributed by atoms with Gasteiger partial charge in [-0.25, -0.2) is 4.79 Å². The average molecular weight is 234 g/mol. The number of aromatic nitrogens is 4. The number of aromatic carboxylic acids is 1. The van der Waals surface area contributed by atoms with E-state index in [4.69, 9.17) is 9.84 Å². The number of aromatic amines is 1. The maximum absolute atomic E-state index is 11.1. The number of hydrogen-bond donors (Lipinski definition) is 2. The third-order valence-corrected chi connectivity index (χ3v) is 2.11. The largest absolute Gasteiger partial charge is 0.493 e. The predicted octanol–water partition coefficient (Wildman–Crippen LogP) is 0.964. The number of carboxylic acids is 1. The van der Waals surface area contributed by atoms with E-state index < -0.39 is 5.97 Å². The third-order valence-electron chi connectivity index (χ3n) is 2.11. The molecule has 0 aliphatic heterocycles. The quantitative estimate of drug-likeness (QED) is 0.817. The SMILES string of the molecule is CCOc1ccc(-c2nn[nH]n2)cc1C(=O)O. The van der Waals surface area contributed by atoms with E-state index in [1.807, 2.05) is 0 Å². The molecule has 0 fully saturated rings. The molecule has 0 aliphatic carbocycles. The van der Waals surface area contributed by atoms with E-state index in [1.165, 1.54) is 6.07 Å². The fraction of sp³-hybridized carbons (Fsp3) is 0.200. The number of nitrogens with zero attached hydrogens (tertiary/aromatic N) is 3. The Labute approximate surface area is 96.4 Å². The maximum atomic E-state index is 11.1. The van der Waals surface area contributed by atoms with Gasteiger partial charge in [-0.2, -0.15) is 5.21 Å². The highest BCUT2D eigenvalue weighted by atomic mass is 16.5. The van der Waals surface area contributed by atoms with Crippen LogP contribution in [0.5, 0.6) is 5.75 Å². The van der Waals surface area contributed by atoms with Crippen molar-refractivity contribution >= 4 is 5.97 Å². The van der Waals surface area contributed by atoms with Crippen LogP contribution in [0.4, 0.5) is 0 Å². The van der Waals surface area contributed by atoms with Crippen molar-refractivity contribution < 1.29 is 14.6 Å². The molecule has 0 atom stereocenters. The van der Waals surface area contributed by atoms with Gasteiger partial charge in [-0.1, -0.05) is 0 Å². The minimum absolute atomic E-state index is 0.0779. The van der Waals surface area contributed by atoms with Crippen LogP contribution >= 0.6 is 0 Å². The zero-order valence-corrected chi connectivity index (χ0v) is 9.04. The van der Waals surface area contributed by atoms with Crippen LogP contribution < -0.4 is 4.74 Å². The van der Waals surface area contributed by atoms with Crippen LogP contribution in [0.15, 0.2) is 18.2 Å². The molecule has 17 heavy (non-hydrogen) atoms. The van der Waals surface area contributed by atoms with E-state index in [0.29, 0.717) is 23.7 Å². The zero-order valence-electron chi connectivity index (χ0n) is 9.04. The molecule has 0 saturated heterocycles. The molecule has 1 aromatic carbocycles. The monoisotopic (exact) mass is 234 g/mol. The summed E-state index contributed by atoms with van der Waals surface area (Å²) in [6.07, 6.45) is 0. The molecule has 1 aromatic heterocycles. The molecule has 2 N–H and O–H groups in total. The number of tetrazole rings is 1. The topological polar surface area (TPSA) is 101 Å². The summed E-state index contributed by atoms with van der Waals surface area (Å²) >= 11 is 0. The zero-order chi connectivity index (χ0) is 12.3. The molecule has 88 valence electrons. The Morgan fingerprint density at radius 2 is 2.35 bits per heavy atom. The lowest BCUT2D eigenvalue weighted by Gasteiger charge is -2.07. The molecular formula is C10H10N4O3. The highest BCUT2D eigenvalue weighted by molar-refractivity contribution is 5.92. The van der Waals surface area contributed by atoms with Crippen LogP contribution in [-0.2, 0) is 0 Å². The van der Waals surface area contributed by atoms with Gasteiger partial charge < -0.3 is 9.84 Å². The van der Waals surface area contributed by atoms with E-state index in [2.05, 4.69) is 20.6 Å². The molecule has 0 spiro atoms. The van der Waals surface area contributed by atoms with Crippen molar-refractivity contribution in [3.05, 3.63) is 23.8 Å². The standard InChI is InChI=1S/C10H10N4O3/c1-2-17-8-4-3-6(5-7(8)10(15)16)9-11-13-14-12-9/h3-5H,2H2,1H3,(H,15,16)(H,11,12,13,14). The first kappa shape index (κ1) is 11.1. The number of rotatable bonds is 4. The minimum atomic E-state index is -1.06. The van der Waals surface area contributed by atoms with Gasteiger partial charge in [-0.05, 0) is 30.3 Å². The summed E-state index contributed by atoms with van der Waals surface area (Å²) in [4.78, 5) is 11.1. The second-order valence-electron chi connectivity index (χ2n) is 3.18. The normalized spacial score (nSPS) is 10.2. The van der Waals surface area contributed by atoms with Crippen molar-refractivity contribution in [3.63, 3.8) is 0 Å². The summed E-state index contributed by atoms with van der Waals surface area (Å²) in [5.41, 5.74) is 0.647. The Kier molecular flexibility index (Phi) is 2.99. The number of ether oxygens (including phenoxy) is 1. The Morgan fingerprint density at radius 1 is 1.53 bits per heavy atom. The van der Waals surface area contributed by atoms with Crippen molar-refractivity contribution in [2.45, 2.75) is 6.92 Å². The van der Waals surface area contributed by atoms with Crippen LogP contribution in [0, 0.1) is 0 Å². The molecule has 2 aromatic rings. The second-order valence-corrected chi connectivity index (χ2v) is 3.18. The molecule has 0 saturated carbocycles. The first-order valence-corrected chi connectivity index (χ1v) is 4.96. The molecule has 7 nitrogen and oxygen atoms in total. The molecule has 2 rings (SSSR count). The molecular weight excluding hydrogens is 224 g/mol. The molecule has 7 heteroatoms. The van der Waals surface area contributed by atoms with Gasteiger partial charge in [0, 0.05) is 5.56 Å². The highest BCUT2D eigenvalue weighted by Gasteiger charge is 2.14. The van der Waals surface area contributed by atoms with Crippen LogP contribution in [0.3, 0.4) is 0 Å². The van der Waals surface area contributed by atoms with E-state index in [0.717, 1.165) is 0 Å². The third kappa shape index (κ3) is 2.22. The van der Waals surface area contributed by atoms with Gasteiger partial charge in [0.05, 0.1) is 6.61 Å². The van der Waals surface area contributed by atoms with Gasteiger partial charge in [0.1, 0.15) is 11.3 Å². The Balaban J connectivity index is 2.45. The lowest BCUT2D eigenvalue weighted by atomic mass is 10.1. The van der Waals surface area contributed by atoms with Gasteiger partial charge in [-0.15, -0.1) is 10.2 Å². The number of nitrogens with one attached hydrogen (secondary N) is 1. The molecule has 0 aliphatic rings. The summed E-state index contributed by atoms with van der Waals surface area (Å²) in [5.74, 6) is -0.387. The van der Waals surface area contributed by atoms with E-state index >= 15 is 0 Å². The lowest BCUT2D eigenvalue weighted by molar-refractivity contribution is 0.0692. The van der Waals surface area contributed by atoms with Crippen LogP contribution in [0.2, 0.25) is 0 Å². The Morgan fingerprint density at radius 3 is 2.94 bits per heavy atom. The molecule has 0 bridgehead atoms. The summed E-state index contributed by atoms with van der Waals surface area (Å²) < 4.78 is 5.23. The fourth-order valence-electron chi connectivity index (χ4n) is 1.40. The average Bonchev–Trinajstić information content (AvgIpc) is 2.83.